The summed E-state index contributed by atoms with van der Waals surface area (Å²) in [6.45, 7) is 8.76. The Labute approximate surface area is 149 Å². The summed E-state index contributed by atoms with van der Waals surface area (Å²) >= 11 is 0. The first-order valence-electron chi connectivity index (χ1n) is 7.08. The maximum absolute atomic E-state index is 11.6. The van der Waals surface area contributed by atoms with E-state index >= 15 is 0 Å². The first kappa shape index (κ1) is 20.4. The highest BCUT2D eigenvalue weighted by Gasteiger charge is 2.01. The third-order valence-corrected chi connectivity index (χ3v) is 2.69. The van der Waals surface area contributed by atoms with Gasteiger partial charge in [-0.25, -0.2) is 4.99 Å². The number of benzene rings is 1. The minimum absolute atomic E-state index is 0. The van der Waals surface area contributed by atoms with Gasteiger partial charge in [0.15, 0.2) is 5.96 Å². The van der Waals surface area contributed by atoms with E-state index in [4.69, 9.17) is 5.73 Å². The van der Waals surface area contributed by atoms with Crippen LogP contribution in [-0.4, -0.2) is 18.4 Å². The maximum Gasteiger partial charge on any atom is 0.224 e. The monoisotopic (exact) mass is 416 g/mol. The molecule has 0 aliphatic carbocycles. The number of hydrogen-bond acceptors (Lipinski definition) is 2. The number of anilines is 1. The summed E-state index contributed by atoms with van der Waals surface area (Å²) in [5.74, 6) is 0.416. The number of carbonyl (C=O) groups excluding carboxylic acids is 1. The van der Waals surface area contributed by atoms with Crippen molar-refractivity contribution < 1.29 is 4.79 Å². The second-order valence-corrected chi connectivity index (χ2v) is 5.01. The molecule has 0 aliphatic rings. The zero-order valence-electron chi connectivity index (χ0n) is 13.2. The van der Waals surface area contributed by atoms with E-state index in [9.17, 15) is 4.79 Å². The lowest BCUT2D eigenvalue weighted by Crippen LogP contribution is -2.32. The standard InChI is InChI=1S/C16H24N4O.HI/c1-4-6-15(21)20-14-8-5-7-13(9-14)11-19-16(17)18-10-12(2)3;/h5,7-9H,2,4,6,10-11H2,1,3H3,(H,20,21)(H3,17,18,19);1H. The van der Waals surface area contributed by atoms with Crippen LogP contribution in [0.3, 0.4) is 0 Å². The fourth-order valence-electron chi connectivity index (χ4n) is 1.67. The Balaban J connectivity index is 0.00000441. The third-order valence-electron chi connectivity index (χ3n) is 2.69. The molecule has 1 aromatic rings. The molecule has 0 aliphatic heterocycles. The maximum atomic E-state index is 11.6. The molecule has 0 saturated carbocycles. The van der Waals surface area contributed by atoms with Crippen LogP contribution in [0.5, 0.6) is 0 Å². The second kappa shape index (κ2) is 11.1. The molecule has 0 spiro atoms. The second-order valence-electron chi connectivity index (χ2n) is 5.01. The van der Waals surface area contributed by atoms with E-state index in [0.717, 1.165) is 23.2 Å². The fraction of sp³-hybridized carbons (Fsp3) is 0.375. The van der Waals surface area contributed by atoms with Gasteiger partial charge in [-0.3, -0.25) is 4.79 Å². The zero-order chi connectivity index (χ0) is 15.7. The van der Waals surface area contributed by atoms with Crippen molar-refractivity contribution in [3.8, 4) is 0 Å². The predicted octanol–water partition coefficient (Wildman–Crippen LogP) is 3.02. The Hall–Kier alpha value is -1.57. The topological polar surface area (TPSA) is 79.5 Å². The van der Waals surface area contributed by atoms with Gasteiger partial charge in [-0.1, -0.05) is 31.2 Å². The lowest BCUT2D eigenvalue weighted by molar-refractivity contribution is -0.116. The van der Waals surface area contributed by atoms with Gasteiger partial charge in [0, 0.05) is 18.7 Å². The van der Waals surface area contributed by atoms with E-state index in [1.165, 1.54) is 0 Å². The molecule has 0 bridgehead atoms. The van der Waals surface area contributed by atoms with Crippen LogP contribution in [0.4, 0.5) is 5.69 Å². The van der Waals surface area contributed by atoms with Gasteiger partial charge in [0.2, 0.25) is 5.91 Å². The van der Waals surface area contributed by atoms with Crippen LogP contribution in [0.25, 0.3) is 0 Å². The Bertz CT molecular complexity index is 529. The minimum Gasteiger partial charge on any atom is -0.370 e. The van der Waals surface area contributed by atoms with Gasteiger partial charge in [-0.2, -0.15) is 0 Å². The van der Waals surface area contributed by atoms with Gasteiger partial charge in [0.1, 0.15) is 0 Å². The van der Waals surface area contributed by atoms with Crippen molar-refractivity contribution in [2.24, 2.45) is 10.7 Å². The van der Waals surface area contributed by atoms with Gasteiger partial charge in [-0.15, -0.1) is 24.0 Å². The number of nitrogens with two attached hydrogens (primary N) is 1. The Morgan fingerprint density at radius 3 is 2.77 bits per heavy atom. The average molecular weight is 416 g/mol. The highest BCUT2D eigenvalue weighted by atomic mass is 127. The van der Waals surface area contributed by atoms with Crippen molar-refractivity contribution in [3.05, 3.63) is 42.0 Å². The van der Waals surface area contributed by atoms with Gasteiger partial charge in [-0.05, 0) is 31.0 Å². The predicted molar refractivity (Wildman–Crippen MR) is 104 cm³/mol. The van der Waals surface area contributed by atoms with Crippen LogP contribution in [0, 0.1) is 0 Å². The molecule has 0 radical (unpaired) electrons. The molecular formula is C16H25IN4O. The highest BCUT2D eigenvalue weighted by molar-refractivity contribution is 14.0. The number of halogens is 1. The number of rotatable bonds is 7. The average Bonchev–Trinajstić information content (AvgIpc) is 2.43. The molecule has 0 saturated heterocycles. The molecule has 1 aromatic carbocycles. The summed E-state index contributed by atoms with van der Waals surface area (Å²) in [6.07, 6.45) is 1.36. The van der Waals surface area contributed by atoms with E-state index in [2.05, 4.69) is 22.2 Å². The SMILES string of the molecule is C=C(C)CNC(N)=NCc1cccc(NC(=O)CCC)c1.I. The molecule has 6 heteroatoms. The molecule has 0 unspecified atom stereocenters. The van der Waals surface area contributed by atoms with Crippen LogP contribution in [0.1, 0.15) is 32.3 Å². The number of aliphatic imine (C=N–C) groups is 1. The molecule has 0 fully saturated rings. The number of guanidine groups is 1. The summed E-state index contributed by atoms with van der Waals surface area (Å²) in [4.78, 5) is 15.8. The Morgan fingerprint density at radius 2 is 2.14 bits per heavy atom. The number of hydrogen-bond donors (Lipinski definition) is 3. The Morgan fingerprint density at radius 1 is 1.41 bits per heavy atom. The summed E-state index contributed by atoms with van der Waals surface area (Å²) in [5.41, 5.74) is 8.53. The summed E-state index contributed by atoms with van der Waals surface area (Å²) in [6, 6.07) is 7.61. The van der Waals surface area contributed by atoms with Gasteiger partial charge in [0.25, 0.3) is 0 Å². The van der Waals surface area contributed by atoms with Gasteiger partial charge < -0.3 is 16.4 Å². The molecule has 22 heavy (non-hydrogen) atoms. The van der Waals surface area contributed by atoms with Crippen molar-refractivity contribution in [1.82, 2.24) is 5.32 Å². The van der Waals surface area contributed by atoms with E-state index in [1.807, 2.05) is 38.1 Å². The highest BCUT2D eigenvalue weighted by Crippen LogP contribution is 2.12. The Kier molecular flexibility index (Phi) is 10.3. The van der Waals surface area contributed by atoms with Crippen LogP contribution in [-0.2, 0) is 11.3 Å². The number of carbonyl (C=O) groups is 1. The van der Waals surface area contributed by atoms with E-state index in [0.29, 0.717) is 25.5 Å². The lowest BCUT2D eigenvalue weighted by atomic mass is 10.2. The molecule has 0 atom stereocenters. The normalized spacial score (nSPS) is 10.5. The summed E-state index contributed by atoms with van der Waals surface area (Å²) in [7, 11) is 0. The van der Waals surface area contributed by atoms with Gasteiger partial charge >= 0.3 is 0 Å². The van der Waals surface area contributed by atoms with Crippen LogP contribution < -0.4 is 16.4 Å². The van der Waals surface area contributed by atoms with Crippen molar-refractivity contribution in [2.75, 3.05) is 11.9 Å². The smallest absolute Gasteiger partial charge is 0.224 e. The number of amides is 1. The van der Waals surface area contributed by atoms with Crippen molar-refractivity contribution in [1.29, 1.82) is 0 Å². The van der Waals surface area contributed by atoms with Crippen molar-refractivity contribution in [3.63, 3.8) is 0 Å². The van der Waals surface area contributed by atoms with Crippen molar-refractivity contribution >= 4 is 41.5 Å². The molecule has 0 aromatic heterocycles. The largest absolute Gasteiger partial charge is 0.370 e. The molecule has 1 rings (SSSR count). The minimum atomic E-state index is 0. The molecule has 0 heterocycles. The molecular weight excluding hydrogens is 391 g/mol. The first-order chi connectivity index (χ1) is 10.0. The number of nitrogens with one attached hydrogen (secondary N) is 2. The third kappa shape index (κ3) is 8.66. The molecule has 1 amide bonds. The van der Waals surface area contributed by atoms with E-state index in [1.54, 1.807) is 0 Å². The van der Waals surface area contributed by atoms with Crippen LogP contribution in [0.2, 0.25) is 0 Å². The fourth-order valence-corrected chi connectivity index (χ4v) is 1.67. The molecule has 5 nitrogen and oxygen atoms in total. The molecule has 4 N–H and O–H groups in total. The van der Waals surface area contributed by atoms with E-state index in [-0.39, 0.29) is 29.9 Å². The quantitative estimate of drug-likeness (QED) is 0.277. The lowest BCUT2D eigenvalue weighted by Gasteiger charge is -2.07. The van der Waals surface area contributed by atoms with Crippen LogP contribution >= 0.6 is 24.0 Å². The van der Waals surface area contributed by atoms with Gasteiger partial charge in [0.05, 0.1) is 6.54 Å². The van der Waals surface area contributed by atoms with Crippen molar-refractivity contribution in [2.45, 2.75) is 33.2 Å². The summed E-state index contributed by atoms with van der Waals surface area (Å²) in [5, 5.41) is 5.84. The number of nitrogens with zero attached hydrogens (tertiary/aromatic N) is 1. The zero-order valence-corrected chi connectivity index (χ0v) is 15.5. The molecule has 122 valence electrons. The first-order valence-corrected chi connectivity index (χ1v) is 7.08. The van der Waals surface area contributed by atoms with Crippen LogP contribution in [0.15, 0.2) is 41.4 Å². The van der Waals surface area contributed by atoms with E-state index < -0.39 is 0 Å². The summed E-state index contributed by atoms with van der Waals surface area (Å²) < 4.78 is 0.